The second-order valence-electron chi connectivity index (χ2n) is 4.70. The van der Waals surface area contributed by atoms with Gasteiger partial charge in [-0.2, -0.15) is 0 Å². The monoisotopic (exact) mass is 312 g/mol. The highest BCUT2D eigenvalue weighted by molar-refractivity contribution is 6.42. The van der Waals surface area contributed by atoms with Crippen LogP contribution in [0.1, 0.15) is 5.76 Å². The Morgan fingerprint density at radius 1 is 1.10 bits per heavy atom. The molecule has 2 aromatic rings. The Kier molecular flexibility index (Phi) is 4.27. The summed E-state index contributed by atoms with van der Waals surface area (Å²) in [5, 5.41) is 5.14. The molecule has 1 aromatic carbocycles. The lowest BCUT2D eigenvalue weighted by Gasteiger charge is -2.25. The van der Waals surface area contributed by atoms with Gasteiger partial charge in [0.1, 0.15) is 5.69 Å². The Bertz CT molecular complexity index is 595. The normalized spacial score (nSPS) is 16.5. The van der Waals surface area contributed by atoms with E-state index in [0.717, 1.165) is 49.9 Å². The summed E-state index contributed by atoms with van der Waals surface area (Å²) >= 11 is 11.9. The maximum absolute atomic E-state index is 6.01. The van der Waals surface area contributed by atoms with E-state index < -0.39 is 0 Å². The topological polar surface area (TPSA) is 38.5 Å². The molecule has 4 nitrogen and oxygen atoms in total. The van der Waals surface area contributed by atoms with Gasteiger partial charge in [-0.05, 0) is 12.1 Å². The van der Waals surface area contributed by atoms with Crippen molar-refractivity contribution in [3.8, 4) is 11.3 Å². The van der Waals surface area contributed by atoms with Crippen molar-refractivity contribution >= 4 is 23.2 Å². The molecule has 0 saturated carbocycles. The molecule has 6 heteroatoms. The van der Waals surface area contributed by atoms with Crippen LogP contribution in [-0.4, -0.2) is 36.4 Å². The van der Waals surface area contributed by atoms with Gasteiger partial charge in [0.05, 0.1) is 29.8 Å². The third-order valence-corrected chi connectivity index (χ3v) is 4.00. The molecule has 0 aliphatic carbocycles. The summed E-state index contributed by atoms with van der Waals surface area (Å²) in [6, 6.07) is 7.37. The Hall–Kier alpha value is -1.07. The highest BCUT2D eigenvalue weighted by Gasteiger charge is 2.14. The zero-order chi connectivity index (χ0) is 13.9. The molecule has 1 aliphatic rings. The maximum Gasteiger partial charge on any atom is 0.151 e. The number of rotatable bonds is 3. The first-order valence-electron chi connectivity index (χ1n) is 6.43. The molecule has 0 bridgehead atoms. The van der Waals surface area contributed by atoms with Gasteiger partial charge in [0.2, 0.25) is 0 Å². The van der Waals surface area contributed by atoms with Gasteiger partial charge in [-0.25, -0.2) is 0 Å². The summed E-state index contributed by atoms with van der Waals surface area (Å²) in [4.78, 5) is 2.28. The highest BCUT2D eigenvalue weighted by atomic mass is 35.5. The molecule has 3 rings (SSSR count). The fraction of sp³-hybridized carbons (Fsp3) is 0.357. The molecule has 1 saturated heterocycles. The summed E-state index contributed by atoms with van der Waals surface area (Å²) in [5.41, 5.74) is 1.67. The number of benzene rings is 1. The second-order valence-corrected chi connectivity index (χ2v) is 5.51. The Labute approximate surface area is 127 Å². The maximum atomic E-state index is 6.01. The zero-order valence-electron chi connectivity index (χ0n) is 10.8. The lowest BCUT2D eigenvalue weighted by Crippen LogP contribution is -2.35. The number of hydrogen-bond donors (Lipinski definition) is 0. The average Bonchev–Trinajstić information content (AvgIpc) is 2.91. The van der Waals surface area contributed by atoms with Crippen molar-refractivity contribution in [3.05, 3.63) is 40.1 Å². The van der Waals surface area contributed by atoms with Crippen molar-refractivity contribution in [1.29, 1.82) is 0 Å². The van der Waals surface area contributed by atoms with E-state index >= 15 is 0 Å². The molecular weight excluding hydrogens is 299 g/mol. The number of ether oxygens (including phenoxy) is 1. The predicted octanol–water partition coefficient (Wildman–Crippen LogP) is 3.48. The summed E-state index contributed by atoms with van der Waals surface area (Å²) in [5.74, 6) is 0.841. The van der Waals surface area contributed by atoms with Crippen molar-refractivity contribution in [1.82, 2.24) is 10.1 Å². The second kappa shape index (κ2) is 6.14. The van der Waals surface area contributed by atoms with Crippen molar-refractivity contribution < 1.29 is 9.26 Å². The minimum absolute atomic E-state index is 0.516. The third kappa shape index (κ3) is 3.15. The van der Waals surface area contributed by atoms with Crippen LogP contribution < -0.4 is 0 Å². The van der Waals surface area contributed by atoms with E-state index in [-0.39, 0.29) is 0 Å². The van der Waals surface area contributed by atoms with Crippen LogP contribution in [0.15, 0.2) is 28.8 Å². The fourth-order valence-electron chi connectivity index (χ4n) is 2.16. The van der Waals surface area contributed by atoms with Crippen LogP contribution in [0, 0.1) is 0 Å². The predicted molar refractivity (Wildman–Crippen MR) is 78.1 cm³/mol. The number of morpholine rings is 1. The number of halogens is 2. The molecule has 0 amide bonds. The molecule has 106 valence electrons. The van der Waals surface area contributed by atoms with Gasteiger partial charge in [-0.3, -0.25) is 4.90 Å². The van der Waals surface area contributed by atoms with Gasteiger partial charge >= 0.3 is 0 Å². The molecular formula is C14H14Cl2N2O2. The van der Waals surface area contributed by atoms with Crippen molar-refractivity contribution in [2.45, 2.75) is 6.54 Å². The van der Waals surface area contributed by atoms with Crippen LogP contribution in [0.25, 0.3) is 11.3 Å². The van der Waals surface area contributed by atoms with Crippen molar-refractivity contribution in [2.75, 3.05) is 26.3 Å². The van der Waals surface area contributed by atoms with Crippen LogP contribution in [0.3, 0.4) is 0 Å². The van der Waals surface area contributed by atoms with Crippen molar-refractivity contribution in [2.24, 2.45) is 0 Å². The standard InChI is InChI=1S/C14H14Cl2N2O2/c15-12-2-1-10(7-13(12)16)14-8-11(20-17-14)9-18-3-5-19-6-4-18/h1-2,7-8H,3-6,9H2. The molecule has 2 heterocycles. The highest BCUT2D eigenvalue weighted by Crippen LogP contribution is 2.28. The summed E-state index contributed by atoms with van der Waals surface area (Å²) < 4.78 is 10.7. The number of aromatic nitrogens is 1. The SMILES string of the molecule is Clc1ccc(-c2cc(CN3CCOCC3)on2)cc1Cl. The van der Waals surface area contributed by atoms with Crippen LogP contribution >= 0.6 is 23.2 Å². The molecule has 20 heavy (non-hydrogen) atoms. The zero-order valence-corrected chi connectivity index (χ0v) is 12.3. The van der Waals surface area contributed by atoms with Crippen LogP contribution in [0.4, 0.5) is 0 Å². The van der Waals surface area contributed by atoms with E-state index in [1.807, 2.05) is 12.1 Å². The fourth-order valence-corrected chi connectivity index (χ4v) is 2.46. The van der Waals surface area contributed by atoms with E-state index in [4.69, 9.17) is 32.5 Å². The quantitative estimate of drug-likeness (QED) is 0.869. The lowest BCUT2D eigenvalue weighted by molar-refractivity contribution is 0.0305. The van der Waals surface area contributed by atoms with Crippen LogP contribution in [0.5, 0.6) is 0 Å². The summed E-state index contributed by atoms with van der Waals surface area (Å²) in [7, 11) is 0. The summed E-state index contributed by atoms with van der Waals surface area (Å²) in [6.45, 7) is 4.13. The Balaban J connectivity index is 1.73. The molecule has 0 spiro atoms. The molecule has 0 radical (unpaired) electrons. The molecule has 1 aromatic heterocycles. The van der Waals surface area contributed by atoms with Gasteiger partial charge in [-0.1, -0.05) is 34.4 Å². The molecule has 0 N–H and O–H groups in total. The largest absolute Gasteiger partial charge is 0.379 e. The first kappa shape index (κ1) is 13.9. The lowest BCUT2D eigenvalue weighted by atomic mass is 10.1. The Morgan fingerprint density at radius 3 is 2.65 bits per heavy atom. The first-order chi connectivity index (χ1) is 9.72. The van der Waals surface area contributed by atoms with Crippen molar-refractivity contribution in [3.63, 3.8) is 0 Å². The average molecular weight is 313 g/mol. The van der Waals surface area contributed by atoms with E-state index in [9.17, 15) is 0 Å². The third-order valence-electron chi connectivity index (χ3n) is 3.26. The van der Waals surface area contributed by atoms with E-state index in [2.05, 4.69) is 10.1 Å². The smallest absolute Gasteiger partial charge is 0.151 e. The molecule has 0 atom stereocenters. The molecule has 1 aliphatic heterocycles. The van der Waals surface area contributed by atoms with Gasteiger partial charge < -0.3 is 9.26 Å². The van der Waals surface area contributed by atoms with E-state index in [1.165, 1.54) is 0 Å². The van der Waals surface area contributed by atoms with Crippen LogP contribution in [0.2, 0.25) is 10.0 Å². The van der Waals surface area contributed by atoms with E-state index in [0.29, 0.717) is 10.0 Å². The minimum atomic E-state index is 0.516. The van der Waals surface area contributed by atoms with Gasteiger partial charge in [-0.15, -0.1) is 0 Å². The van der Waals surface area contributed by atoms with Gasteiger partial charge in [0, 0.05) is 24.7 Å². The number of hydrogen-bond acceptors (Lipinski definition) is 4. The molecule has 0 unspecified atom stereocenters. The van der Waals surface area contributed by atoms with Crippen LogP contribution in [-0.2, 0) is 11.3 Å². The summed E-state index contributed by atoms with van der Waals surface area (Å²) in [6.07, 6.45) is 0. The Morgan fingerprint density at radius 2 is 1.90 bits per heavy atom. The van der Waals surface area contributed by atoms with Gasteiger partial charge in [0.15, 0.2) is 5.76 Å². The minimum Gasteiger partial charge on any atom is -0.379 e. The van der Waals surface area contributed by atoms with Gasteiger partial charge in [0.25, 0.3) is 0 Å². The number of nitrogens with zero attached hydrogens (tertiary/aromatic N) is 2. The van der Waals surface area contributed by atoms with E-state index in [1.54, 1.807) is 12.1 Å². The molecule has 1 fully saturated rings. The first-order valence-corrected chi connectivity index (χ1v) is 7.19.